The predicted octanol–water partition coefficient (Wildman–Crippen LogP) is 1.68. The molecule has 1 amide bonds. The van der Waals surface area contributed by atoms with Gasteiger partial charge in [-0.05, 0) is 18.4 Å². The zero-order valence-corrected chi connectivity index (χ0v) is 16.2. The highest BCUT2D eigenvalue weighted by atomic mass is 16.5. The third-order valence-electron chi connectivity index (χ3n) is 5.59. The Morgan fingerprint density at radius 3 is 2.68 bits per heavy atom. The number of fused-ring (bicyclic) bond motifs is 1. The Balaban J connectivity index is 1.57. The van der Waals surface area contributed by atoms with Gasteiger partial charge in [0.2, 0.25) is 11.9 Å². The van der Waals surface area contributed by atoms with E-state index in [9.17, 15) is 9.59 Å². The molecular weight excluding hydrogens is 356 g/mol. The van der Waals surface area contributed by atoms with E-state index in [4.69, 9.17) is 9.72 Å². The average molecular weight is 382 g/mol. The van der Waals surface area contributed by atoms with Crippen LogP contribution in [0.2, 0.25) is 0 Å². The molecule has 0 spiro atoms. The molecule has 3 heterocycles. The van der Waals surface area contributed by atoms with Gasteiger partial charge < -0.3 is 14.5 Å². The number of carbonyl (C=O) groups excluding carboxylic acids is 1. The highest BCUT2D eigenvalue weighted by molar-refractivity contribution is 5.84. The molecule has 7 heteroatoms. The molecule has 7 nitrogen and oxygen atoms in total. The molecule has 0 saturated carbocycles. The van der Waals surface area contributed by atoms with Crippen molar-refractivity contribution in [2.24, 2.45) is 0 Å². The van der Waals surface area contributed by atoms with E-state index in [1.807, 2.05) is 47.1 Å². The molecule has 0 unspecified atom stereocenters. The van der Waals surface area contributed by atoms with E-state index in [2.05, 4.69) is 4.98 Å². The second kappa shape index (κ2) is 8.14. The van der Waals surface area contributed by atoms with Crippen LogP contribution in [0.3, 0.4) is 0 Å². The summed E-state index contributed by atoms with van der Waals surface area (Å²) in [6, 6.07) is 9.90. The van der Waals surface area contributed by atoms with Gasteiger partial charge in [0, 0.05) is 25.2 Å². The van der Waals surface area contributed by atoms with Crippen molar-refractivity contribution in [3.8, 4) is 0 Å². The number of carbonyl (C=O) groups is 1. The number of hydrogen-bond donors (Lipinski definition) is 1. The lowest BCUT2D eigenvalue weighted by Gasteiger charge is -2.32. The van der Waals surface area contributed by atoms with Crippen molar-refractivity contribution in [3.05, 3.63) is 57.5 Å². The molecule has 0 bridgehead atoms. The molecule has 0 radical (unpaired) electrons. The second-order valence-electron chi connectivity index (χ2n) is 7.30. The van der Waals surface area contributed by atoms with E-state index in [1.54, 1.807) is 0 Å². The predicted molar refractivity (Wildman–Crippen MR) is 106 cm³/mol. The maximum absolute atomic E-state index is 13.2. The lowest BCUT2D eigenvalue weighted by Crippen LogP contribution is -2.43. The molecule has 1 N–H and O–H groups in total. The minimum atomic E-state index is -0.163. The van der Waals surface area contributed by atoms with Crippen molar-refractivity contribution in [2.45, 2.75) is 32.2 Å². The molecule has 2 aliphatic heterocycles. The lowest BCUT2D eigenvalue weighted by atomic mass is 9.94. The maximum Gasteiger partial charge on any atom is 0.255 e. The standard InChI is InChI=1S/C21H26N4O3/c1-2-16(15-6-4-3-5-7-15)20(27)25-9-8-17-18(14-25)22-21(23-19(17)26)24-10-12-28-13-11-24/h3-7,16H,2,8-14H2,1H3,(H,22,23,26)/t16-/m0/s1. The van der Waals surface area contributed by atoms with Gasteiger partial charge >= 0.3 is 0 Å². The Hall–Kier alpha value is -2.67. The van der Waals surface area contributed by atoms with Gasteiger partial charge in [-0.1, -0.05) is 37.3 Å². The van der Waals surface area contributed by atoms with Gasteiger partial charge in [0.25, 0.3) is 5.56 Å². The van der Waals surface area contributed by atoms with Crippen LogP contribution in [-0.2, 0) is 22.5 Å². The number of ether oxygens (including phenoxy) is 1. The molecule has 1 aromatic carbocycles. The Morgan fingerprint density at radius 1 is 1.21 bits per heavy atom. The molecule has 1 fully saturated rings. The zero-order chi connectivity index (χ0) is 19.5. The van der Waals surface area contributed by atoms with Crippen LogP contribution in [-0.4, -0.2) is 53.6 Å². The topological polar surface area (TPSA) is 78.5 Å². The Morgan fingerprint density at radius 2 is 1.96 bits per heavy atom. The van der Waals surface area contributed by atoms with Gasteiger partial charge in [-0.15, -0.1) is 0 Å². The fraction of sp³-hybridized carbons (Fsp3) is 0.476. The quantitative estimate of drug-likeness (QED) is 0.871. The van der Waals surface area contributed by atoms with Crippen molar-refractivity contribution in [1.82, 2.24) is 14.9 Å². The first kappa shape index (κ1) is 18.7. The number of H-pyrrole nitrogens is 1. The molecule has 1 atom stereocenters. The third-order valence-corrected chi connectivity index (χ3v) is 5.59. The molecule has 4 rings (SSSR count). The molecule has 1 saturated heterocycles. The molecule has 148 valence electrons. The number of aromatic amines is 1. The minimum absolute atomic E-state index is 0.0892. The first-order valence-electron chi connectivity index (χ1n) is 9.96. The third kappa shape index (κ3) is 3.67. The first-order chi connectivity index (χ1) is 13.7. The van der Waals surface area contributed by atoms with Crippen LogP contribution < -0.4 is 10.5 Å². The molecular formula is C21H26N4O3. The summed E-state index contributed by atoms with van der Waals surface area (Å²) in [6.45, 7) is 5.64. The number of anilines is 1. The number of hydrogen-bond acceptors (Lipinski definition) is 5. The van der Waals surface area contributed by atoms with Crippen molar-refractivity contribution < 1.29 is 9.53 Å². The summed E-state index contributed by atoms with van der Waals surface area (Å²) in [5.74, 6) is 0.522. The van der Waals surface area contributed by atoms with Crippen molar-refractivity contribution in [2.75, 3.05) is 37.7 Å². The van der Waals surface area contributed by atoms with Crippen molar-refractivity contribution in [1.29, 1.82) is 0 Å². The fourth-order valence-electron chi connectivity index (χ4n) is 4.00. The summed E-state index contributed by atoms with van der Waals surface area (Å²) >= 11 is 0. The Labute approximate surface area is 164 Å². The van der Waals surface area contributed by atoms with Crippen LogP contribution in [0.5, 0.6) is 0 Å². The van der Waals surface area contributed by atoms with E-state index in [0.717, 1.165) is 12.0 Å². The van der Waals surface area contributed by atoms with Crippen LogP contribution >= 0.6 is 0 Å². The van der Waals surface area contributed by atoms with Gasteiger partial charge in [0.05, 0.1) is 31.4 Å². The number of rotatable bonds is 4. The summed E-state index contributed by atoms with van der Waals surface area (Å²) in [5, 5.41) is 0. The van der Waals surface area contributed by atoms with E-state index in [0.29, 0.717) is 63.0 Å². The van der Waals surface area contributed by atoms with Gasteiger partial charge in [0.1, 0.15) is 0 Å². The second-order valence-corrected chi connectivity index (χ2v) is 7.30. The van der Waals surface area contributed by atoms with E-state index >= 15 is 0 Å². The van der Waals surface area contributed by atoms with Crippen LogP contribution in [0.1, 0.15) is 36.1 Å². The molecule has 28 heavy (non-hydrogen) atoms. The summed E-state index contributed by atoms with van der Waals surface area (Å²) < 4.78 is 5.38. The number of nitrogens with zero attached hydrogens (tertiary/aromatic N) is 3. The van der Waals surface area contributed by atoms with Crippen LogP contribution in [0, 0.1) is 0 Å². The smallest absolute Gasteiger partial charge is 0.255 e. The fourth-order valence-corrected chi connectivity index (χ4v) is 4.00. The monoisotopic (exact) mass is 382 g/mol. The van der Waals surface area contributed by atoms with Gasteiger partial charge in [-0.25, -0.2) is 4.98 Å². The maximum atomic E-state index is 13.2. The van der Waals surface area contributed by atoms with Crippen LogP contribution in [0.15, 0.2) is 35.1 Å². The highest BCUT2D eigenvalue weighted by Gasteiger charge is 2.29. The number of amides is 1. The summed E-state index contributed by atoms with van der Waals surface area (Å²) in [7, 11) is 0. The molecule has 2 aliphatic rings. The number of benzene rings is 1. The summed E-state index contributed by atoms with van der Waals surface area (Å²) in [5.41, 5.74) is 2.36. The number of aromatic nitrogens is 2. The molecule has 2 aromatic rings. The van der Waals surface area contributed by atoms with Crippen LogP contribution in [0.4, 0.5) is 5.95 Å². The summed E-state index contributed by atoms with van der Waals surface area (Å²) in [4.78, 5) is 37.3. The molecule has 1 aromatic heterocycles. The highest BCUT2D eigenvalue weighted by Crippen LogP contribution is 2.25. The lowest BCUT2D eigenvalue weighted by molar-refractivity contribution is -0.133. The normalized spacial score (nSPS) is 17.9. The van der Waals surface area contributed by atoms with Gasteiger partial charge in [-0.2, -0.15) is 0 Å². The largest absolute Gasteiger partial charge is 0.378 e. The van der Waals surface area contributed by atoms with Gasteiger partial charge in [-0.3, -0.25) is 14.6 Å². The first-order valence-corrected chi connectivity index (χ1v) is 9.96. The van der Waals surface area contributed by atoms with E-state index < -0.39 is 0 Å². The number of morpholine rings is 1. The van der Waals surface area contributed by atoms with Crippen molar-refractivity contribution >= 4 is 11.9 Å². The van der Waals surface area contributed by atoms with E-state index in [1.165, 1.54) is 0 Å². The zero-order valence-electron chi connectivity index (χ0n) is 16.2. The number of nitrogens with one attached hydrogen (secondary N) is 1. The van der Waals surface area contributed by atoms with Gasteiger partial charge in [0.15, 0.2) is 0 Å². The Kier molecular flexibility index (Phi) is 5.43. The summed E-state index contributed by atoms with van der Waals surface area (Å²) in [6.07, 6.45) is 1.28. The van der Waals surface area contributed by atoms with Crippen LogP contribution in [0.25, 0.3) is 0 Å². The molecule has 0 aliphatic carbocycles. The SMILES string of the molecule is CC[C@H](C(=O)N1CCc2c(nc(N3CCOCC3)[nH]c2=O)C1)c1ccccc1. The minimum Gasteiger partial charge on any atom is -0.378 e. The van der Waals surface area contributed by atoms with Crippen molar-refractivity contribution in [3.63, 3.8) is 0 Å². The Bertz CT molecular complexity index is 890. The average Bonchev–Trinajstić information content (AvgIpc) is 2.75. The van der Waals surface area contributed by atoms with E-state index in [-0.39, 0.29) is 17.4 Å².